The largest absolute Gasteiger partial charge is 0.378 e. The summed E-state index contributed by atoms with van der Waals surface area (Å²) in [6, 6.07) is 11.9. The lowest BCUT2D eigenvalue weighted by Gasteiger charge is -2.61. The number of carbonyl (C=O) groups is 1. The van der Waals surface area contributed by atoms with Crippen LogP contribution in [0.4, 0.5) is 13.2 Å². The number of H-pyrrole nitrogens is 1. The molecule has 5 fully saturated rings. The highest BCUT2D eigenvalue weighted by molar-refractivity contribution is 5.95. The van der Waals surface area contributed by atoms with Gasteiger partial charge in [0.1, 0.15) is 5.82 Å². The second kappa shape index (κ2) is 14.4. The van der Waals surface area contributed by atoms with Crippen LogP contribution >= 0.6 is 0 Å². The average Bonchev–Trinajstić information content (AvgIpc) is 3.49. The van der Waals surface area contributed by atoms with Gasteiger partial charge in [0.15, 0.2) is 0 Å². The first-order chi connectivity index (χ1) is 25.4. The number of unbranched alkanes of at least 4 members (excludes halogenated alkanes) is 1. The fraction of sp³-hybridized carbons (Fsp3) is 0.651. The van der Waals surface area contributed by atoms with Crippen LogP contribution in [0.1, 0.15) is 106 Å². The van der Waals surface area contributed by atoms with Gasteiger partial charge in [-0.25, -0.2) is 18.3 Å². The first kappa shape index (κ1) is 36.7. The molecule has 7 atom stereocenters. The number of benzene rings is 2. The van der Waals surface area contributed by atoms with Gasteiger partial charge >= 0.3 is 0 Å². The number of fused-ring (bicyclic) bond motifs is 6. The molecule has 286 valence electrons. The average molecular weight is 733 g/mol. The normalized spacial score (nSPS) is 32.6. The highest BCUT2D eigenvalue weighted by Crippen LogP contribution is 2.67. The van der Waals surface area contributed by atoms with Gasteiger partial charge < -0.3 is 9.64 Å². The molecule has 1 aromatic heterocycles. The van der Waals surface area contributed by atoms with E-state index in [4.69, 9.17) is 4.74 Å². The summed E-state index contributed by atoms with van der Waals surface area (Å²) in [4.78, 5) is 29.8. The number of piperazine rings is 1. The van der Waals surface area contributed by atoms with Crippen molar-refractivity contribution in [2.24, 2.45) is 34.5 Å². The molecule has 1 unspecified atom stereocenters. The summed E-state index contributed by atoms with van der Waals surface area (Å²) in [7, 11) is 0. The van der Waals surface area contributed by atoms with E-state index >= 15 is 0 Å². The van der Waals surface area contributed by atoms with Gasteiger partial charge in [-0.1, -0.05) is 38.1 Å². The summed E-state index contributed by atoms with van der Waals surface area (Å²) in [6.45, 7) is 9.13. The summed E-state index contributed by atoms with van der Waals surface area (Å²) < 4.78 is 50.3. The summed E-state index contributed by atoms with van der Waals surface area (Å²) in [5, 5.41) is 8.08. The summed E-state index contributed by atoms with van der Waals surface area (Å²) in [5.41, 5.74) is 1.50. The minimum atomic E-state index is -2.47. The number of aromatic amines is 1. The van der Waals surface area contributed by atoms with Crippen molar-refractivity contribution in [1.29, 1.82) is 0 Å². The van der Waals surface area contributed by atoms with E-state index < -0.39 is 11.7 Å². The Morgan fingerprint density at radius 3 is 2.49 bits per heavy atom. The molecule has 0 spiro atoms. The van der Waals surface area contributed by atoms with E-state index in [1.165, 1.54) is 12.5 Å². The number of hydrogen-bond acceptors (Lipinski definition) is 5. The van der Waals surface area contributed by atoms with Crippen molar-refractivity contribution in [3.8, 4) is 0 Å². The molecule has 2 aromatic carbocycles. The molecule has 10 heteroatoms. The van der Waals surface area contributed by atoms with E-state index in [2.05, 4.69) is 28.9 Å². The Balaban J connectivity index is 0.785. The molecule has 5 aliphatic rings. The fourth-order valence-electron chi connectivity index (χ4n) is 11.8. The molecule has 1 N–H and O–H groups in total. The van der Waals surface area contributed by atoms with Crippen molar-refractivity contribution in [3.05, 3.63) is 75.5 Å². The third-order valence-corrected chi connectivity index (χ3v) is 14.8. The maximum atomic E-state index is 15.0. The van der Waals surface area contributed by atoms with Crippen LogP contribution in [0.5, 0.6) is 0 Å². The third-order valence-electron chi connectivity index (χ3n) is 14.8. The molecular formula is C43H55F3N4O3. The van der Waals surface area contributed by atoms with Crippen LogP contribution in [0.2, 0.25) is 0 Å². The Morgan fingerprint density at radius 1 is 0.906 bits per heavy atom. The smallest absolute Gasteiger partial charge is 0.272 e. The van der Waals surface area contributed by atoms with Crippen LogP contribution < -0.4 is 5.56 Å². The van der Waals surface area contributed by atoms with Crippen molar-refractivity contribution in [2.75, 3.05) is 39.3 Å². The Kier molecular flexibility index (Phi) is 10.0. The number of ether oxygens (including phenoxy) is 1. The molecular weight excluding hydrogens is 677 g/mol. The highest BCUT2D eigenvalue weighted by atomic mass is 19.3. The number of aromatic nitrogens is 2. The molecule has 2 heterocycles. The van der Waals surface area contributed by atoms with Crippen LogP contribution in [-0.4, -0.2) is 77.3 Å². The molecule has 3 aromatic rings. The van der Waals surface area contributed by atoms with Crippen molar-refractivity contribution in [3.63, 3.8) is 0 Å². The van der Waals surface area contributed by atoms with Crippen molar-refractivity contribution in [1.82, 2.24) is 20.0 Å². The lowest BCUT2D eigenvalue weighted by atomic mass is 9.45. The predicted molar refractivity (Wildman–Crippen MR) is 200 cm³/mol. The minimum absolute atomic E-state index is 0.0666. The van der Waals surface area contributed by atoms with Crippen LogP contribution in [0.15, 0.2) is 47.3 Å². The van der Waals surface area contributed by atoms with Gasteiger partial charge in [-0.2, -0.15) is 5.10 Å². The van der Waals surface area contributed by atoms with Crippen molar-refractivity contribution >= 4 is 16.7 Å². The Morgan fingerprint density at radius 2 is 1.68 bits per heavy atom. The molecule has 7 nitrogen and oxygen atoms in total. The van der Waals surface area contributed by atoms with E-state index in [-0.39, 0.29) is 52.7 Å². The van der Waals surface area contributed by atoms with Gasteiger partial charge in [-0.05, 0) is 123 Å². The molecule has 0 bridgehead atoms. The molecule has 1 saturated heterocycles. The Bertz CT molecular complexity index is 1880. The van der Waals surface area contributed by atoms with E-state index in [0.29, 0.717) is 54.8 Å². The highest BCUT2D eigenvalue weighted by Gasteiger charge is 2.62. The summed E-state index contributed by atoms with van der Waals surface area (Å²) in [5.74, 6) is -1.24. The molecule has 8 rings (SSSR count). The second-order valence-electron chi connectivity index (χ2n) is 17.6. The molecule has 53 heavy (non-hydrogen) atoms. The molecule has 0 radical (unpaired) electrons. The number of nitrogens with zero attached hydrogens (tertiary/aromatic N) is 3. The van der Waals surface area contributed by atoms with Gasteiger partial charge in [-0.15, -0.1) is 0 Å². The maximum Gasteiger partial charge on any atom is 0.272 e. The van der Waals surface area contributed by atoms with Gasteiger partial charge in [0.2, 0.25) is 5.92 Å². The zero-order valence-corrected chi connectivity index (χ0v) is 31.4. The number of alkyl halides is 2. The first-order valence-electron chi connectivity index (χ1n) is 20.2. The number of hydrogen-bond donors (Lipinski definition) is 1. The van der Waals surface area contributed by atoms with Crippen molar-refractivity contribution < 1.29 is 22.7 Å². The van der Waals surface area contributed by atoms with E-state index in [1.54, 1.807) is 29.2 Å². The number of carbonyl (C=O) groups excluding carboxylic acids is 1. The number of halogens is 3. The van der Waals surface area contributed by atoms with Gasteiger partial charge in [-0.3, -0.25) is 14.5 Å². The number of amides is 1. The maximum absolute atomic E-state index is 15.0. The van der Waals surface area contributed by atoms with Crippen molar-refractivity contribution in [2.45, 2.75) is 103 Å². The number of rotatable bonds is 9. The van der Waals surface area contributed by atoms with Gasteiger partial charge in [0.25, 0.3) is 11.5 Å². The minimum Gasteiger partial charge on any atom is -0.378 e. The second-order valence-corrected chi connectivity index (χ2v) is 17.6. The third kappa shape index (κ3) is 6.96. The molecule has 4 aliphatic carbocycles. The van der Waals surface area contributed by atoms with E-state index in [1.807, 2.05) is 12.1 Å². The lowest BCUT2D eigenvalue weighted by molar-refractivity contribution is -0.169. The summed E-state index contributed by atoms with van der Waals surface area (Å²) >= 11 is 0. The zero-order chi connectivity index (χ0) is 37.0. The Labute approximate surface area is 311 Å². The molecule has 1 amide bonds. The first-order valence-corrected chi connectivity index (χ1v) is 20.2. The monoisotopic (exact) mass is 732 g/mol. The SMILES string of the molecule is C[C@]12CCC3[C@@H](CC[C@H]4CC(F)(F)CC[C@]34C)[C@@H]1CC[C@@H]2OCCCCN1CCN(C(=O)c2cc(Cc3n[nH]c(=O)c4ccccc34)ccc2F)CC1. The predicted octanol–water partition coefficient (Wildman–Crippen LogP) is 8.25. The topological polar surface area (TPSA) is 78.5 Å². The van der Waals surface area contributed by atoms with Gasteiger partial charge in [0, 0.05) is 57.4 Å². The lowest BCUT2D eigenvalue weighted by Crippen LogP contribution is -2.55. The van der Waals surface area contributed by atoms with Crippen LogP contribution in [0, 0.1) is 40.3 Å². The van der Waals surface area contributed by atoms with Crippen LogP contribution in [-0.2, 0) is 11.2 Å². The van der Waals surface area contributed by atoms with E-state index in [9.17, 15) is 22.8 Å². The number of nitrogens with one attached hydrogen (secondary N) is 1. The molecule has 1 aliphatic heterocycles. The molecule has 4 saturated carbocycles. The standard InChI is InChI=1S/C43H55F3N4O3/c1-41-17-18-43(45,46)27-29(41)10-11-32-34-12-14-38(42(34,2)16-15-35(32)41)53-24-6-5-19-49-20-22-50(23-21-49)40(52)33-25-28(9-13-36(33)44)26-37-30-7-3-4-8-31(30)39(51)48-47-37/h3-4,7-9,13,25,29,32,34-35,38H,5-6,10-12,14-24,26-27H2,1-2H3,(H,48,51)/t29-,32-,34-,35?,38-,41-,42-/m0/s1. The van der Waals surface area contributed by atoms with Gasteiger partial charge in [0.05, 0.1) is 22.7 Å². The summed E-state index contributed by atoms with van der Waals surface area (Å²) in [6.07, 6.45) is 10.2. The van der Waals surface area contributed by atoms with E-state index in [0.717, 1.165) is 82.1 Å². The fourth-order valence-corrected chi connectivity index (χ4v) is 11.8. The van der Waals surface area contributed by atoms with Crippen LogP contribution in [0.3, 0.4) is 0 Å². The van der Waals surface area contributed by atoms with Crippen LogP contribution in [0.25, 0.3) is 10.8 Å². The Hall–Kier alpha value is -3.24. The zero-order valence-electron chi connectivity index (χ0n) is 31.4. The quantitative estimate of drug-likeness (QED) is 0.224.